The third-order valence-corrected chi connectivity index (χ3v) is 25.0. The zero-order chi connectivity index (χ0) is 39.2. The molecule has 0 aliphatic carbocycles. The van der Waals surface area contributed by atoms with Crippen LogP contribution in [-0.4, -0.2) is 16.1 Å². The minimum atomic E-state index is -1.97. The fourth-order valence-corrected chi connectivity index (χ4v) is 23.6. The van der Waals surface area contributed by atoms with E-state index in [-0.39, 0.29) is 0 Å². The van der Waals surface area contributed by atoms with E-state index in [9.17, 15) is 0 Å². The molecule has 0 nitrogen and oxygen atoms in total. The lowest BCUT2D eigenvalue weighted by molar-refractivity contribution is 1.35. The maximum Gasteiger partial charge on any atom is 0.128 e. The third kappa shape index (κ3) is 4.35. The summed E-state index contributed by atoms with van der Waals surface area (Å²) < 4.78 is 0. The monoisotopic (exact) mass is 792 g/mol. The molecule has 10 aromatic carbocycles. The number of rotatable bonds is 2. The van der Waals surface area contributed by atoms with Gasteiger partial charge in [0.2, 0.25) is 0 Å². The molecule has 4 heterocycles. The zero-order valence-corrected chi connectivity index (χ0v) is 35.3. The molecule has 10 aromatic rings. The molecule has 0 unspecified atom stereocenters. The zero-order valence-electron chi connectivity index (χ0n) is 33.3. The molecule has 4 aliphatic rings. The standard InChI is InChI=1S/C58H40Si2/c1-2-14-40-34-59(33-39(40)13-1)54-23-11-9-19-46(54)52-29-37(25-27-56(52)59)50-31-43-32-51(45-18-6-8-22-49(45)58(43)48-21-7-5-17-44(48)50)38-26-28-57-53(30-38)47-20-10-12-24-55(47)60(57)35-41-15-3-4-16-42(41)36-60/h1-32H,33-36H2. The van der Waals surface area contributed by atoms with Crippen LogP contribution < -0.4 is 20.7 Å². The van der Waals surface area contributed by atoms with E-state index in [1.807, 2.05) is 0 Å². The van der Waals surface area contributed by atoms with Crippen molar-refractivity contribution in [2.45, 2.75) is 24.2 Å². The highest BCUT2D eigenvalue weighted by atomic mass is 28.3. The minimum absolute atomic E-state index is 1.20. The molecule has 4 aliphatic heterocycles. The Hall–Kier alpha value is -6.59. The molecular weight excluding hydrogens is 753 g/mol. The van der Waals surface area contributed by atoms with Crippen LogP contribution in [0.15, 0.2) is 194 Å². The van der Waals surface area contributed by atoms with Crippen molar-refractivity contribution >= 4 is 69.2 Å². The maximum absolute atomic E-state index is 2.55. The van der Waals surface area contributed by atoms with Crippen LogP contribution in [0.3, 0.4) is 0 Å². The van der Waals surface area contributed by atoms with Crippen LogP contribution in [-0.2, 0) is 24.2 Å². The lowest BCUT2D eigenvalue weighted by Gasteiger charge is -2.24. The molecule has 60 heavy (non-hydrogen) atoms. The van der Waals surface area contributed by atoms with Crippen LogP contribution in [0.25, 0.3) is 76.8 Å². The summed E-state index contributed by atoms with van der Waals surface area (Å²) in [5, 5.41) is 14.4. The molecule has 0 saturated carbocycles. The summed E-state index contributed by atoms with van der Waals surface area (Å²) in [5.41, 5.74) is 17.3. The van der Waals surface area contributed by atoms with E-state index >= 15 is 0 Å². The molecule has 0 bridgehead atoms. The van der Waals surface area contributed by atoms with E-state index in [0.717, 1.165) is 0 Å². The van der Waals surface area contributed by atoms with Crippen LogP contribution >= 0.6 is 0 Å². The maximum atomic E-state index is 2.55. The summed E-state index contributed by atoms with van der Waals surface area (Å²) in [7, 11) is -3.93. The number of benzene rings is 10. The van der Waals surface area contributed by atoms with Crippen molar-refractivity contribution in [2.75, 3.05) is 0 Å². The van der Waals surface area contributed by atoms with E-state index < -0.39 is 16.1 Å². The van der Waals surface area contributed by atoms with Crippen LogP contribution in [0, 0.1) is 0 Å². The second-order valence-electron chi connectivity index (χ2n) is 18.1. The topological polar surface area (TPSA) is 0 Å². The second-order valence-corrected chi connectivity index (χ2v) is 26.0. The van der Waals surface area contributed by atoms with Crippen LogP contribution in [0.4, 0.5) is 0 Å². The van der Waals surface area contributed by atoms with Gasteiger partial charge in [0.25, 0.3) is 0 Å². The molecule has 0 amide bonds. The van der Waals surface area contributed by atoms with Gasteiger partial charge in [-0.15, -0.1) is 0 Å². The smallest absolute Gasteiger partial charge is 0.0623 e. The van der Waals surface area contributed by atoms with E-state index in [4.69, 9.17) is 0 Å². The first kappa shape index (κ1) is 33.3. The van der Waals surface area contributed by atoms with Gasteiger partial charge in [-0.05, 0) is 168 Å². The van der Waals surface area contributed by atoms with Crippen LogP contribution in [0.2, 0.25) is 0 Å². The fourth-order valence-electron chi connectivity index (χ4n) is 12.7. The average molecular weight is 793 g/mol. The molecule has 0 atom stereocenters. The second kappa shape index (κ2) is 12.0. The van der Waals surface area contributed by atoms with Gasteiger partial charge in [-0.3, -0.25) is 0 Å². The predicted molar refractivity (Wildman–Crippen MR) is 258 cm³/mol. The highest BCUT2D eigenvalue weighted by Crippen LogP contribution is 2.45. The largest absolute Gasteiger partial charge is 0.128 e. The Morgan fingerprint density at radius 2 is 0.617 bits per heavy atom. The van der Waals surface area contributed by atoms with Gasteiger partial charge in [-0.1, -0.05) is 170 Å². The Morgan fingerprint density at radius 1 is 0.267 bits per heavy atom. The van der Waals surface area contributed by atoms with E-state index in [1.54, 1.807) is 43.0 Å². The van der Waals surface area contributed by atoms with Crippen LogP contribution in [0.1, 0.15) is 22.3 Å². The van der Waals surface area contributed by atoms with Crippen LogP contribution in [0.5, 0.6) is 0 Å². The first-order valence-corrected chi connectivity index (χ1v) is 26.5. The summed E-state index contributed by atoms with van der Waals surface area (Å²) in [4.78, 5) is 0. The summed E-state index contributed by atoms with van der Waals surface area (Å²) in [5.74, 6) is 0. The Bertz CT molecular complexity index is 3240. The van der Waals surface area contributed by atoms with Crippen molar-refractivity contribution in [3.05, 3.63) is 216 Å². The van der Waals surface area contributed by atoms with Crippen molar-refractivity contribution in [2.24, 2.45) is 0 Å². The van der Waals surface area contributed by atoms with Gasteiger partial charge < -0.3 is 0 Å². The molecule has 2 spiro atoms. The Morgan fingerprint density at radius 3 is 1.05 bits per heavy atom. The molecule has 0 fully saturated rings. The molecule has 0 N–H and O–H groups in total. The lowest BCUT2D eigenvalue weighted by atomic mass is 9.87. The van der Waals surface area contributed by atoms with Gasteiger partial charge in [0.1, 0.15) is 16.1 Å². The summed E-state index contributed by atoms with van der Waals surface area (Å²) in [6.45, 7) is 0. The predicted octanol–water partition coefficient (Wildman–Crippen LogP) is 11.3. The highest BCUT2D eigenvalue weighted by molar-refractivity contribution is 7.06. The lowest BCUT2D eigenvalue weighted by Crippen LogP contribution is -2.57. The molecule has 0 saturated heterocycles. The minimum Gasteiger partial charge on any atom is -0.0623 e. The van der Waals surface area contributed by atoms with Gasteiger partial charge in [0.15, 0.2) is 0 Å². The molecule has 0 radical (unpaired) electrons. The number of fused-ring (bicyclic) bond motifs is 17. The van der Waals surface area contributed by atoms with Gasteiger partial charge in [0.05, 0.1) is 0 Å². The SMILES string of the molecule is c1ccc2c(c1)C[Si]1(C2)c2ccccc2-c2cc(-c3cc4cc(-c5ccc6c(c5)-c5ccccc5[Si]65Cc6ccccc6C5)c5ccccc5c4c4ccccc34)ccc21. The Labute approximate surface area is 352 Å². The van der Waals surface area contributed by atoms with Gasteiger partial charge >= 0.3 is 0 Å². The normalized spacial score (nSPS) is 15.7. The summed E-state index contributed by atoms with van der Waals surface area (Å²) >= 11 is 0. The van der Waals surface area contributed by atoms with Crippen molar-refractivity contribution in [1.82, 2.24) is 0 Å². The average Bonchev–Trinajstić information content (AvgIpc) is 4.04. The molecule has 280 valence electrons. The van der Waals surface area contributed by atoms with E-state index in [0.29, 0.717) is 0 Å². The fraction of sp³-hybridized carbons (Fsp3) is 0.0690. The highest BCUT2D eigenvalue weighted by Gasteiger charge is 2.50. The first-order chi connectivity index (χ1) is 29.7. The van der Waals surface area contributed by atoms with Gasteiger partial charge in [-0.25, -0.2) is 0 Å². The number of hydrogen-bond acceptors (Lipinski definition) is 0. The van der Waals surface area contributed by atoms with Crippen molar-refractivity contribution in [1.29, 1.82) is 0 Å². The van der Waals surface area contributed by atoms with E-state index in [1.165, 1.54) is 101 Å². The molecule has 2 heteroatoms. The first-order valence-electron chi connectivity index (χ1n) is 21.7. The Balaban J connectivity index is 0.964. The van der Waals surface area contributed by atoms with E-state index in [2.05, 4.69) is 194 Å². The van der Waals surface area contributed by atoms with Crippen molar-refractivity contribution < 1.29 is 0 Å². The summed E-state index contributed by atoms with van der Waals surface area (Å²) in [6.07, 6.45) is 0. The quantitative estimate of drug-likeness (QED) is 0.121. The molecule has 14 rings (SSSR count). The molecule has 0 aromatic heterocycles. The Kier molecular flexibility index (Phi) is 6.66. The third-order valence-electron chi connectivity index (χ3n) is 15.2. The summed E-state index contributed by atoms with van der Waals surface area (Å²) in [6, 6.07) is 80.3. The molecular formula is C58H40Si2. The van der Waals surface area contributed by atoms with Crippen molar-refractivity contribution in [3.8, 4) is 44.5 Å². The number of hydrogen-bond donors (Lipinski definition) is 0. The van der Waals surface area contributed by atoms with Crippen molar-refractivity contribution in [3.63, 3.8) is 0 Å². The van der Waals surface area contributed by atoms with Gasteiger partial charge in [-0.2, -0.15) is 0 Å². The van der Waals surface area contributed by atoms with Gasteiger partial charge in [0, 0.05) is 0 Å².